The Morgan fingerprint density at radius 2 is 1.97 bits per heavy atom. The smallest absolute Gasteiger partial charge is 0.241 e. The summed E-state index contributed by atoms with van der Waals surface area (Å²) in [5.74, 6) is 1.61. The van der Waals surface area contributed by atoms with Gasteiger partial charge in [-0.05, 0) is 61.9 Å². The van der Waals surface area contributed by atoms with Gasteiger partial charge in [0.2, 0.25) is 17.6 Å². The summed E-state index contributed by atoms with van der Waals surface area (Å²) >= 11 is 1.60. The molecular weight excluding hydrogens is 434 g/mol. The molecule has 7 nitrogen and oxygen atoms in total. The summed E-state index contributed by atoms with van der Waals surface area (Å²) in [7, 11) is 0. The zero-order chi connectivity index (χ0) is 22.8. The zero-order valence-corrected chi connectivity index (χ0v) is 20.2. The minimum Gasteiger partial charge on any atom is -0.368 e. The second-order valence-electron chi connectivity index (χ2n) is 9.09. The molecule has 2 aliphatic heterocycles. The van der Waals surface area contributed by atoms with Crippen molar-refractivity contribution in [2.75, 3.05) is 44.2 Å². The van der Waals surface area contributed by atoms with Crippen LogP contribution in [0.1, 0.15) is 29.9 Å². The van der Waals surface area contributed by atoms with Crippen molar-refractivity contribution in [1.29, 1.82) is 0 Å². The van der Waals surface area contributed by atoms with Crippen LogP contribution in [-0.4, -0.2) is 65.1 Å². The van der Waals surface area contributed by atoms with Crippen LogP contribution in [0.25, 0.3) is 10.7 Å². The van der Waals surface area contributed by atoms with Gasteiger partial charge in [0.25, 0.3) is 0 Å². The number of aryl methyl sites for hydroxylation is 1. The number of carbonyl (C=O) groups is 1. The van der Waals surface area contributed by atoms with Gasteiger partial charge in [-0.15, -0.1) is 11.3 Å². The number of piperazine rings is 1. The number of piperidine rings is 1. The maximum absolute atomic E-state index is 13.3. The van der Waals surface area contributed by atoms with Crippen LogP contribution in [0.4, 0.5) is 5.69 Å². The van der Waals surface area contributed by atoms with E-state index >= 15 is 0 Å². The fraction of sp³-hybridized carbons (Fsp3) is 0.480. The van der Waals surface area contributed by atoms with Crippen molar-refractivity contribution in [2.24, 2.45) is 5.92 Å². The van der Waals surface area contributed by atoms with Gasteiger partial charge >= 0.3 is 0 Å². The number of thiophene rings is 1. The molecule has 0 spiro atoms. The van der Waals surface area contributed by atoms with Crippen LogP contribution in [0.5, 0.6) is 0 Å². The number of hydrogen-bond donors (Lipinski definition) is 0. The minimum absolute atomic E-state index is 0.0469. The first-order chi connectivity index (χ1) is 16.1. The molecule has 1 aromatic carbocycles. The van der Waals surface area contributed by atoms with Crippen LogP contribution in [0, 0.1) is 19.8 Å². The number of anilines is 1. The molecule has 0 saturated carbocycles. The van der Waals surface area contributed by atoms with E-state index in [4.69, 9.17) is 4.52 Å². The highest BCUT2D eigenvalue weighted by Crippen LogP contribution is 2.26. The lowest BCUT2D eigenvalue weighted by molar-refractivity contribution is -0.137. The third-order valence-electron chi connectivity index (χ3n) is 6.93. The molecule has 2 aliphatic rings. The first-order valence-corrected chi connectivity index (χ1v) is 12.7. The van der Waals surface area contributed by atoms with Crippen molar-refractivity contribution in [1.82, 2.24) is 19.9 Å². The third kappa shape index (κ3) is 4.82. The number of benzene rings is 1. The van der Waals surface area contributed by atoms with Crippen molar-refractivity contribution in [3.63, 3.8) is 0 Å². The predicted octanol–water partition coefficient (Wildman–Crippen LogP) is 3.98. The van der Waals surface area contributed by atoms with Gasteiger partial charge in [-0.25, -0.2) is 0 Å². The van der Waals surface area contributed by atoms with Gasteiger partial charge in [0.1, 0.15) is 0 Å². The fourth-order valence-electron chi connectivity index (χ4n) is 4.92. The van der Waals surface area contributed by atoms with Gasteiger partial charge in [-0.2, -0.15) is 4.98 Å². The Balaban J connectivity index is 1.16. The Hall–Kier alpha value is -2.71. The topological polar surface area (TPSA) is 65.7 Å². The van der Waals surface area contributed by atoms with Crippen molar-refractivity contribution < 1.29 is 9.32 Å². The molecule has 8 heteroatoms. The third-order valence-corrected chi connectivity index (χ3v) is 7.80. The highest BCUT2D eigenvalue weighted by Gasteiger charge is 2.32. The van der Waals surface area contributed by atoms with Crippen molar-refractivity contribution >= 4 is 22.9 Å². The number of rotatable bonds is 5. The fourth-order valence-corrected chi connectivity index (χ4v) is 5.57. The molecule has 0 radical (unpaired) electrons. The standard InChI is InChI=1S/C25H31N5O2S/c1-18-6-3-8-21(19(18)2)29-11-13-30(14-12-29)25(31)20-7-4-10-28(16-20)17-23-26-24(27-32-23)22-9-5-15-33-22/h3,5-6,8-9,15,20H,4,7,10-14,16-17H2,1-2H3. The van der Waals surface area contributed by atoms with Gasteiger partial charge in [0, 0.05) is 38.4 Å². The molecule has 5 rings (SSSR count). The molecule has 2 fully saturated rings. The van der Waals surface area contributed by atoms with Crippen LogP contribution in [0.15, 0.2) is 40.2 Å². The lowest BCUT2D eigenvalue weighted by atomic mass is 9.96. The Bertz CT molecular complexity index is 1090. The van der Waals surface area contributed by atoms with E-state index in [9.17, 15) is 4.79 Å². The first kappa shape index (κ1) is 22.1. The maximum atomic E-state index is 13.3. The summed E-state index contributed by atoms with van der Waals surface area (Å²) in [5.41, 5.74) is 3.95. The molecular formula is C25H31N5O2S. The number of carbonyl (C=O) groups excluding carboxylic acids is 1. The Morgan fingerprint density at radius 3 is 2.76 bits per heavy atom. The average Bonchev–Trinajstić information content (AvgIpc) is 3.53. The molecule has 3 aromatic rings. The molecule has 2 saturated heterocycles. The highest BCUT2D eigenvalue weighted by molar-refractivity contribution is 7.13. The van der Waals surface area contributed by atoms with E-state index in [1.165, 1.54) is 16.8 Å². The quantitative estimate of drug-likeness (QED) is 0.568. The monoisotopic (exact) mass is 465 g/mol. The van der Waals surface area contributed by atoms with E-state index in [-0.39, 0.29) is 5.92 Å². The molecule has 4 heterocycles. The summed E-state index contributed by atoms with van der Waals surface area (Å²) in [5, 5.41) is 6.12. The lowest BCUT2D eigenvalue weighted by Gasteiger charge is -2.40. The number of nitrogens with zero attached hydrogens (tertiary/aromatic N) is 5. The maximum Gasteiger partial charge on any atom is 0.241 e. The van der Waals surface area contributed by atoms with Gasteiger partial charge < -0.3 is 14.3 Å². The SMILES string of the molecule is Cc1cccc(N2CCN(C(=O)C3CCCN(Cc4nc(-c5cccs5)no4)C3)CC2)c1C. The normalized spacial score (nSPS) is 19.8. The van der Waals surface area contributed by atoms with Crippen LogP contribution in [-0.2, 0) is 11.3 Å². The van der Waals surface area contributed by atoms with Crippen LogP contribution < -0.4 is 4.90 Å². The van der Waals surface area contributed by atoms with Gasteiger partial charge in [-0.1, -0.05) is 23.4 Å². The van der Waals surface area contributed by atoms with Crippen LogP contribution in [0.3, 0.4) is 0 Å². The van der Waals surface area contributed by atoms with Crippen LogP contribution in [0.2, 0.25) is 0 Å². The number of likely N-dealkylation sites (tertiary alicyclic amines) is 1. The molecule has 1 unspecified atom stereocenters. The first-order valence-electron chi connectivity index (χ1n) is 11.8. The summed E-state index contributed by atoms with van der Waals surface area (Å²) in [6, 6.07) is 10.5. The largest absolute Gasteiger partial charge is 0.368 e. The molecule has 1 amide bonds. The summed E-state index contributed by atoms with van der Waals surface area (Å²) in [4.78, 5) is 25.6. The summed E-state index contributed by atoms with van der Waals surface area (Å²) in [6.45, 7) is 10.0. The second kappa shape index (κ2) is 9.65. The van der Waals surface area contributed by atoms with Gasteiger partial charge in [-0.3, -0.25) is 9.69 Å². The highest BCUT2D eigenvalue weighted by atomic mass is 32.1. The molecule has 174 valence electrons. The van der Waals surface area contributed by atoms with Gasteiger partial charge in [0.15, 0.2) is 0 Å². The molecule has 0 aliphatic carbocycles. The molecule has 0 bridgehead atoms. The molecule has 1 atom stereocenters. The number of amides is 1. The summed E-state index contributed by atoms with van der Waals surface area (Å²) in [6.07, 6.45) is 1.97. The predicted molar refractivity (Wildman–Crippen MR) is 130 cm³/mol. The van der Waals surface area contributed by atoms with Crippen molar-refractivity contribution in [3.05, 3.63) is 52.7 Å². The van der Waals surface area contributed by atoms with E-state index in [0.29, 0.717) is 24.2 Å². The van der Waals surface area contributed by atoms with E-state index in [2.05, 4.69) is 56.9 Å². The molecule has 33 heavy (non-hydrogen) atoms. The molecule has 0 N–H and O–H groups in total. The molecule has 2 aromatic heterocycles. The Kier molecular flexibility index (Phi) is 6.46. The Labute approximate surface area is 199 Å². The number of hydrogen-bond acceptors (Lipinski definition) is 7. The van der Waals surface area contributed by atoms with Gasteiger partial charge in [0.05, 0.1) is 17.3 Å². The number of aromatic nitrogens is 2. The Morgan fingerprint density at radius 1 is 1.12 bits per heavy atom. The van der Waals surface area contributed by atoms with E-state index < -0.39 is 0 Å². The second-order valence-corrected chi connectivity index (χ2v) is 10.0. The zero-order valence-electron chi connectivity index (χ0n) is 19.4. The van der Waals surface area contributed by atoms with E-state index in [1.54, 1.807) is 11.3 Å². The van der Waals surface area contributed by atoms with Crippen molar-refractivity contribution in [3.8, 4) is 10.7 Å². The average molecular weight is 466 g/mol. The summed E-state index contributed by atoms with van der Waals surface area (Å²) < 4.78 is 5.48. The lowest BCUT2D eigenvalue weighted by Crippen LogP contribution is -2.52. The van der Waals surface area contributed by atoms with E-state index in [1.807, 2.05) is 17.5 Å². The van der Waals surface area contributed by atoms with Crippen LogP contribution >= 0.6 is 11.3 Å². The van der Waals surface area contributed by atoms with Crippen molar-refractivity contribution in [2.45, 2.75) is 33.2 Å². The van der Waals surface area contributed by atoms with E-state index in [0.717, 1.165) is 57.0 Å². The minimum atomic E-state index is 0.0469.